The zero-order chi connectivity index (χ0) is 25.7. The summed E-state index contributed by atoms with van der Waals surface area (Å²) in [5.41, 5.74) is 1.37. The lowest BCUT2D eigenvalue weighted by Gasteiger charge is -2.28. The van der Waals surface area contributed by atoms with Crippen molar-refractivity contribution in [3.8, 4) is 0 Å². The Labute approximate surface area is 216 Å². The highest BCUT2D eigenvalue weighted by atomic mass is 35.5. The number of hydrogen-bond donors (Lipinski definition) is 1. The Kier molecular flexibility index (Phi) is 6.34. The number of ether oxygens (including phenoxy) is 1. The van der Waals surface area contributed by atoms with Gasteiger partial charge in [0, 0.05) is 11.3 Å². The van der Waals surface area contributed by atoms with E-state index in [1.54, 1.807) is 18.2 Å². The number of hydrogen-bond acceptors (Lipinski definition) is 6. The number of halogens is 2. The van der Waals surface area contributed by atoms with Crippen LogP contribution in [0, 0.1) is 23.7 Å². The monoisotopic (exact) mass is 528 g/mol. The lowest BCUT2D eigenvalue weighted by molar-refractivity contribution is -0.123. The van der Waals surface area contributed by atoms with Crippen molar-refractivity contribution in [1.82, 2.24) is 0 Å². The molecule has 0 unspecified atom stereocenters. The topological polar surface area (TPSA) is 110 Å². The van der Waals surface area contributed by atoms with E-state index in [-0.39, 0.29) is 45.8 Å². The number of alkyl halides is 2. The van der Waals surface area contributed by atoms with Crippen LogP contribution in [0.2, 0.25) is 0 Å². The molecule has 1 heterocycles. The fourth-order valence-corrected chi connectivity index (χ4v) is 6.47. The number of esters is 1. The highest BCUT2D eigenvalue weighted by molar-refractivity contribution is 6.32. The predicted octanol–water partition coefficient (Wildman–Crippen LogP) is 3.65. The third kappa shape index (κ3) is 4.08. The van der Waals surface area contributed by atoms with E-state index in [0.717, 1.165) is 4.90 Å². The van der Waals surface area contributed by atoms with Gasteiger partial charge >= 0.3 is 5.97 Å². The molecule has 8 nitrogen and oxygen atoms in total. The summed E-state index contributed by atoms with van der Waals surface area (Å²) in [6, 6.07) is 12.3. The summed E-state index contributed by atoms with van der Waals surface area (Å²) >= 11 is 12.8. The third-order valence-electron chi connectivity index (χ3n) is 7.24. The summed E-state index contributed by atoms with van der Waals surface area (Å²) in [7, 11) is 0. The molecule has 36 heavy (non-hydrogen) atoms. The molecule has 2 aliphatic carbocycles. The van der Waals surface area contributed by atoms with Crippen molar-refractivity contribution in [2.45, 2.75) is 24.1 Å². The van der Waals surface area contributed by atoms with Gasteiger partial charge in [-0.25, -0.2) is 4.79 Å². The van der Waals surface area contributed by atoms with Gasteiger partial charge in [-0.2, -0.15) is 0 Å². The van der Waals surface area contributed by atoms with Gasteiger partial charge in [0.25, 0.3) is 5.91 Å². The number of rotatable bonds is 6. The lowest BCUT2D eigenvalue weighted by Crippen LogP contribution is -2.37. The number of anilines is 2. The molecule has 1 aliphatic heterocycles. The SMILES string of the molecule is CC(=O)c1cccc(NC(=O)COC(=O)c2ccc(N3C(=O)[C@@H]4[C@H]5C[C@@H]([C@H](Cl)[C@H]5Cl)[C@@H]4C3=O)cc2)c1. The quantitative estimate of drug-likeness (QED) is 0.265. The van der Waals surface area contributed by atoms with Gasteiger partial charge in [0.15, 0.2) is 12.4 Å². The van der Waals surface area contributed by atoms with E-state index in [4.69, 9.17) is 27.9 Å². The van der Waals surface area contributed by atoms with E-state index in [2.05, 4.69) is 5.32 Å². The molecule has 2 saturated carbocycles. The highest BCUT2D eigenvalue weighted by Crippen LogP contribution is 2.59. The van der Waals surface area contributed by atoms with Gasteiger partial charge in [-0.1, -0.05) is 12.1 Å². The number of ketones is 1. The Morgan fingerprint density at radius 3 is 2.14 bits per heavy atom. The van der Waals surface area contributed by atoms with Crippen LogP contribution in [0.3, 0.4) is 0 Å². The van der Waals surface area contributed by atoms with Crippen LogP contribution in [0.1, 0.15) is 34.1 Å². The normalized spacial score (nSPS) is 28.2. The molecule has 3 fully saturated rings. The summed E-state index contributed by atoms with van der Waals surface area (Å²) in [6.07, 6.45) is 0.684. The van der Waals surface area contributed by atoms with E-state index in [0.29, 0.717) is 23.4 Å². The maximum absolute atomic E-state index is 13.1. The van der Waals surface area contributed by atoms with Crippen molar-refractivity contribution in [3.63, 3.8) is 0 Å². The molecule has 2 aromatic rings. The highest BCUT2D eigenvalue weighted by Gasteiger charge is 2.66. The summed E-state index contributed by atoms with van der Waals surface area (Å²) in [5, 5.41) is 1.91. The van der Waals surface area contributed by atoms with Crippen LogP contribution in [-0.2, 0) is 19.1 Å². The summed E-state index contributed by atoms with van der Waals surface area (Å²) < 4.78 is 5.07. The number of imide groups is 1. The van der Waals surface area contributed by atoms with Crippen LogP contribution in [-0.4, -0.2) is 46.8 Å². The Morgan fingerprint density at radius 2 is 1.56 bits per heavy atom. The first-order valence-corrected chi connectivity index (χ1v) is 12.4. The van der Waals surface area contributed by atoms with Gasteiger partial charge in [0.1, 0.15) is 0 Å². The molecule has 3 amide bonds. The standard InChI is InChI=1S/C26H22Cl2N2O6/c1-12(31)14-3-2-4-15(9-14)29-19(32)11-36-26(35)13-5-7-16(8-6-13)30-24(33)20-17-10-18(21(20)25(30)34)23(28)22(17)27/h2-9,17-18,20-23H,10-11H2,1H3,(H,29,32)/t17-,18-,20-,21+,22+,23+/m1/s1. The fraction of sp³-hybridized carbons (Fsp3) is 0.346. The van der Waals surface area contributed by atoms with Crippen molar-refractivity contribution in [3.05, 3.63) is 59.7 Å². The number of amides is 3. The Balaban J connectivity index is 1.20. The molecule has 5 rings (SSSR count). The predicted molar refractivity (Wildman–Crippen MR) is 132 cm³/mol. The minimum absolute atomic E-state index is 0.115. The number of fused-ring (bicyclic) bond motifs is 5. The first-order valence-electron chi connectivity index (χ1n) is 11.5. The second-order valence-electron chi connectivity index (χ2n) is 9.32. The maximum atomic E-state index is 13.1. The van der Waals surface area contributed by atoms with Crippen LogP contribution < -0.4 is 10.2 Å². The summed E-state index contributed by atoms with van der Waals surface area (Å²) in [6.45, 7) is 0.891. The zero-order valence-corrected chi connectivity index (χ0v) is 20.7. The molecule has 0 radical (unpaired) electrons. The molecule has 2 aromatic carbocycles. The van der Waals surface area contributed by atoms with Crippen LogP contribution >= 0.6 is 23.2 Å². The van der Waals surface area contributed by atoms with Crippen molar-refractivity contribution >= 4 is 64.1 Å². The average molecular weight is 529 g/mol. The number of nitrogens with one attached hydrogen (secondary N) is 1. The average Bonchev–Trinajstić information content (AvgIpc) is 3.47. The third-order valence-corrected chi connectivity index (χ3v) is 8.55. The smallest absolute Gasteiger partial charge is 0.338 e. The number of carbonyl (C=O) groups excluding carboxylic acids is 5. The molecule has 6 atom stereocenters. The number of carbonyl (C=O) groups is 5. The van der Waals surface area contributed by atoms with Gasteiger partial charge in [0.2, 0.25) is 11.8 Å². The van der Waals surface area contributed by atoms with E-state index >= 15 is 0 Å². The van der Waals surface area contributed by atoms with Crippen LogP contribution in [0.4, 0.5) is 11.4 Å². The molecule has 2 bridgehead atoms. The summed E-state index contributed by atoms with van der Waals surface area (Å²) in [5.74, 6) is -3.16. The first-order chi connectivity index (χ1) is 17.2. The Bertz CT molecular complexity index is 1250. The molecule has 1 N–H and O–H groups in total. The molecular weight excluding hydrogens is 507 g/mol. The molecule has 1 saturated heterocycles. The first kappa shape index (κ1) is 24.5. The van der Waals surface area contributed by atoms with Crippen molar-refractivity contribution < 1.29 is 28.7 Å². The molecule has 186 valence electrons. The van der Waals surface area contributed by atoms with Crippen molar-refractivity contribution in [1.29, 1.82) is 0 Å². The van der Waals surface area contributed by atoms with E-state index in [9.17, 15) is 24.0 Å². The van der Waals surface area contributed by atoms with Crippen LogP contribution in [0.25, 0.3) is 0 Å². The number of benzene rings is 2. The minimum atomic E-state index is -0.738. The van der Waals surface area contributed by atoms with Gasteiger partial charge in [-0.3, -0.25) is 24.1 Å². The molecular formula is C26H22Cl2N2O6. The second kappa shape index (κ2) is 9.33. The summed E-state index contributed by atoms with van der Waals surface area (Å²) in [4.78, 5) is 63.4. The van der Waals surface area contributed by atoms with Gasteiger partial charge < -0.3 is 10.1 Å². The Hall–Kier alpha value is -3.23. The molecule has 10 heteroatoms. The van der Waals surface area contributed by atoms with Crippen LogP contribution in [0.5, 0.6) is 0 Å². The fourth-order valence-electron chi connectivity index (χ4n) is 5.58. The Morgan fingerprint density at radius 1 is 0.944 bits per heavy atom. The lowest BCUT2D eigenvalue weighted by atomic mass is 9.80. The minimum Gasteiger partial charge on any atom is -0.452 e. The van der Waals surface area contributed by atoms with Crippen molar-refractivity contribution in [2.75, 3.05) is 16.8 Å². The van der Waals surface area contributed by atoms with Gasteiger partial charge in [-0.15, -0.1) is 23.2 Å². The molecule has 0 aromatic heterocycles. The molecule has 0 spiro atoms. The number of nitrogens with zero attached hydrogens (tertiary/aromatic N) is 1. The van der Waals surface area contributed by atoms with Gasteiger partial charge in [-0.05, 0) is 61.6 Å². The van der Waals surface area contributed by atoms with Crippen molar-refractivity contribution in [2.24, 2.45) is 23.7 Å². The van der Waals surface area contributed by atoms with E-state index < -0.39 is 30.3 Å². The number of Topliss-reactive ketones (excluding diaryl/α,β-unsaturated/α-hetero) is 1. The van der Waals surface area contributed by atoms with Gasteiger partial charge in [0.05, 0.1) is 33.8 Å². The van der Waals surface area contributed by atoms with E-state index in [1.165, 1.54) is 37.3 Å². The molecule has 3 aliphatic rings. The second-order valence-corrected chi connectivity index (χ2v) is 10.3. The van der Waals surface area contributed by atoms with Crippen LogP contribution in [0.15, 0.2) is 48.5 Å². The maximum Gasteiger partial charge on any atom is 0.338 e. The zero-order valence-electron chi connectivity index (χ0n) is 19.1. The largest absolute Gasteiger partial charge is 0.452 e. The van der Waals surface area contributed by atoms with E-state index in [1.807, 2.05) is 0 Å².